The molecular formula is C11H21NO2. The maximum atomic E-state index is 10.2. The Morgan fingerprint density at radius 3 is 1.86 bits per heavy atom. The number of hydrogen-bond donors (Lipinski definition) is 0. The van der Waals surface area contributed by atoms with E-state index in [4.69, 9.17) is 0 Å². The summed E-state index contributed by atoms with van der Waals surface area (Å²) < 4.78 is 4.27. The number of aliphatic imine (C=N–C) groups is 1. The fourth-order valence-electron chi connectivity index (χ4n) is 0.280. The van der Waals surface area contributed by atoms with E-state index in [9.17, 15) is 4.79 Å². The van der Waals surface area contributed by atoms with Crippen molar-refractivity contribution < 1.29 is 9.53 Å². The van der Waals surface area contributed by atoms with Crippen molar-refractivity contribution in [3.8, 4) is 0 Å². The Labute approximate surface area is 87.2 Å². The highest BCUT2D eigenvalue weighted by molar-refractivity contribution is 5.86. The van der Waals surface area contributed by atoms with Crippen LogP contribution >= 0.6 is 0 Å². The first-order valence-corrected chi connectivity index (χ1v) is 4.42. The third-order valence-corrected chi connectivity index (χ3v) is 0.788. The molecule has 0 aliphatic rings. The fraction of sp³-hybridized carbons (Fsp3) is 0.455. The summed E-state index contributed by atoms with van der Waals surface area (Å²) in [6.07, 6.45) is 3.19. The summed E-state index contributed by atoms with van der Waals surface area (Å²) in [6, 6.07) is 0. The van der Waals surface area contributed by atoms with Crippen LogP contribution in [0.1, 0.15) is 27.7 Å². The van der Waals surface area contributed by atoms with E-state index in [-0.39, 0.29) is 5.97 Å². The topological polar surface area (TPSA) is 38.7 Å². The van der Waals surface area contributed by atoms with Crippen molar-refractivity contribution in [1.82, 2.24) is 0 Å². The molecule has 0 rings (SSSR count). The van der Waals surface area contributed by atoms with Crippen LogP contribution in [0.3, 0.4) is 0 Å². The van der Waals surface area contributed by atoms with E-state index in [0.717, 1.165) is 0 Å². The predicted molar refractivity (Wildman–Crippen MR) is 62.5 cm³/mol. The van der Waals surface area contributed by atoms with Crippen molar-refractivity contribution in [2.24, 2.45) is 4.99 Å². The minimum absolute atomic E-state index is 0.347. The summed E-state index contributed by atoms with van der Waals surface area (Å²) in [6.45, 7) is 14.2. The highest BCUT2D eigenvalue weighted by Gasteiger charge is 1.95. The van der Waals surface area contributed by atoms with Crippen LogP contribution in [0.5, 0.6) is 0 Å². The average molecular weight is 199 g/mol. The van der Waals surface area contributed by atoms with E-state index in [1.165, 1.54) is 13.3 Å². The van der Waals surface area contributed by atoms with Gasteiger partial charge in [-0.2, -0.15) is 0 Å². The highest BCUT2D eigenvalue weighted by atomic mass is 16.5. The standard InChI is InChI=1S/C5H8O2.C4H7N.C2H6/c1-4(2)5(6)7-3;1-3-5-4-2;1-2/h1H2,2-3H3;3-4H,1H2,2H3;1-2H3. The van der Waals surface area contributed by atoms with Gasteiger partial charge in [0.25, 0.3) is 0 Å². The summed E-state index contributed by atoms with van der Waals surface area (Å²) in [7, 11) is 1.33. The number of ether oxygens (including phenoxy) is 1. The van der Waals surface area contributed by atoms with Gasteiger partial charge < -0.3 is 4.74 Å². The molecule has 0 saturated heterocycles. The number of carbonyl (C=O) groups is 1. The predicted octanol–water partition coefficient (Wildman–Crippen LogP) is 2.98. The van der Waals surface area contributed by atoms with E-state index in [0.29, 0.717) is 5.57 Å². The minimum atomic E-state index is -0.347. The molecule has 0 spiro atoms. The lowest BCUT2D eigenvalue weighted by molar-refractivity contribution is -0.136. The molecule has 0 aromatic rings. The number of hydrogen-bond acceptors (Lipinski definition) is 3. The number of rotatable bonds is 2. The molecule has 0 fully saturated rings. The SMILES string of the molecule is C=C(C)C(=O)OC.C=CN=CC.CC. The molecular weight excluding hydrogens is 178 g/mol. The molecule has 0 aromatic carbocycles. The molecule has 14 heavy (non-hydrogen) atoms. The highest BCUT2D eigenvalue weighted by Crippen LogP contribution is 1.87. The number of methoxy groups -OCH3 is 1. The smallest absolute Gasteiger partial charge is 0.332 e. The maximum absolute atomic E-state index is 10.2. The van der Waals surface area contributed by atoms with Gasteiger partial charge in [0.05, 0.1) is 7.11 Å². The van der Waals surface area contributed by atoms with Gasteiger partial charge in [0.15, 0.2) is 0 Å². The Morgan fingerprint density at radius 2 is 1.86 bits per heavy atom. The maximum Gasteiger partial charge on any atom is 0.332 e. The largest absolute Gasteiger partial charge is 0.466 e. The Morgan fingerprint density at radius 1 is 1.43 bits per heavy atom. The molecule has 0 radical (unpaired) electrons. The van der Waals surface area contributed by atoms with Crippen molar-refractivity contribution in [3.63, 3.8) is 0 Å². The van der Waals surface area contributed by atoms with E-state index < -0.39 is 0 Å². The van der Waals surface area contributed by atoms with E-state index >= 15 is 0 Å². The van der Waals surface area contributed by atoms with Gasteiger partial charge in [-0.05, 0) is 13.8 Å². The zero-order chi connectivity index (χ0) is 12.0. The molecule has 0 N–H and O–H groups in total. The lowest BCUT2D eigenvalue weighted by atomic mass is 10.4. The minimum Gasteiger partial charge on any atom is -0.466 e. The molecule has 0 amide bonds. The summed E-state index contributed by atoms with van der Waals surface area (Å²) in [5.41, 5.74) is 0.433. The van der Waals surface area contributed by atoms with Crippen molar-refractivity contribution in [2.75, 3.05) is 7.11 Å². The molecule has 0 unspecified atom stereocenters. The molecule has 3 heteroatoms. The second kappa shape index (κ2) is 17.6. The van der Waals surface area contributed by atoms with Gasteiger partial charge >= 0.3 is 5.97 Å². The lowest BCUT2D eigenvalue weighted by Crippen LogP contribution is -1.98. The molecule has 82 valence electrons. The lowest BCUT2D eigenvalue weighted by Gasteiger charge is -1.91. The van der Waals surface area contributed by atoms with Gasteiger partial charge in [0.1, 0.15) is 0 Å². The first kappa shape index (κ1) is 18.4. The summed E-state index contributed by atoms with van der Waals surface area (Å²) in [4.78, 5) is 13.8. The van der Waals surface area contributed by atoms with Crippen LogP contribution in [-0.4, -0.2) is 19.3 Å². The molecule has 0 bridgehead atoms. The van der Waals surface area contributed by atoms with Crippen LogP contribution in [0.15, 0.2) is 29.9 Å². The first-order chi connectivity index (χ1) is 6.59. The first-order valence-electron chi connectivity index (χ1n) is 4.42. The van der Waals surface area contributed by atoms with Crippen molar-refractivity contribution in [3.05, 3.63) is 24.9 Å². The Balaban J connectivity index is -0.000000152. The Kier molecular flexibility index (Phi) is 23.2. The van der Waals surface area contributed by atoms with Crippen LogP contribution in [0.25, 0.3) is 0 Å². The number of esters is 1. The van der Waals surface area contributed by atoms with Gasteiger partial charge in [-0.3, -0.25) is 4.99 Å². The van der Waals surface area contributed by atoms with Crippen LogP contribution in [0, 0.1) is 0 Å². The van der Waals surface area contributed by atoms with Gasteiger partial charge in [-0.25, -0.2) is 4.79 Å². The quantitative estimate of drug-likeness (QED) is 0.389. The van der Waals surface area contributed by atoms with Crippen molar-refractivity contribution in [1.29, 1.82) is 0 Å². The number of carbonyl (C=O) groups excluding carboxylic acids is 1. The van der Waals surface area contributed by atoms with Gasteiger partial charge in [-0.1, -0.05) is 27.0 Å². The van der Waals surface area contributed by atoms with Crippen LogP contribution in [0.4, 0.5) is 0 Å². The second-order valence-corrected chi connectivity index (χ2v) is 1.86. The molecule has 0 aromatic heterocycles. The summed E-state index contributed by atoms with van der Waals surface area (Å²) >= 11 is 0. The zero-order valence-corrected chi connectivity index (χ0v) is 9.83. The molecule has 3 nitrogen and oxygen atoms in total. The molecule has 0 saturated carbocycles. The fourth-order valence-corrected chi connectivity index (χ4v) is 0.280. The van der Waals surface area contributed by atoms with Gasteiger partial charge in [0.2, 0.25) is 0 Å². The molecule has 0 aliphatic heterocycles. The third-order valence-electron chi connectivity index (χ3n) is 0.788. The number of nitrogens with zero attached hydrogens (tertiary/aromatic N) is 1. The van der Waals surface area contributed by atoms with Crippen LogP contribution < -0.4 is 0 Å². The molecule has 0 aliphatic carbocycles. The van der Waals surface area contributed by atoms with E-state index in [1.54, 1.807) is 13.1 Å². The monoisotopic (exact) mass is 199 g/mol. The van der Waals surface area contributed by atoms with Gasteiger partial charge in [-0.15, -0.1) is 0 Å². The van der Waals surface area contributed by atoms with Crippen molar-refractivity contribution in [2.45, 2.75) is 27.7 Å². The zero-order valence-electron chi connectivity index (χ0n) is 9.83. The summed E-state index contributed by atoms with van der Waals surface area (Å²) in [5.74, 6) is -0.347. The van der Waals surface area contributed by atoms with Gasteiger partial charge in [0, 0.05) is 18.0 Å². The van der Waals surface area contributed by atoms with Crippen LogP contribution in [0.2, 0.25) is 0 Å². The van der Waals surface area contributed by atoms with E-state index in [2.05, 4.69) is 22.9 Å². The summed E-state index contributed by atoms with van der Waals surface area (Å²) in [5, 5.41) is 0. The average Bonchev–Trinajstić information content (AvgIpc) is 2.21. The Bertz CT molecular complexity index is 184. The van der Waals surface area contributed by atoms with Crippen molar-refractivity contribution >= 4 is 12.2 Å². The third kappa shape index (κ3) is 22.4. The molecule has 0 atom stereocenters. The molecule has 0 heterocycles. The second-order valence-electron chi connectivity index (χ2n) is 1.86. The normalized spacial score (nSPS) is 7.50. The van der Waals surface area contributed by atoms with Crippen LogP contribution in [-0.2, 0) is 9.53 Å². The Hall–Kier alpha value is -1.38. The van der Waals surface area contributed by atoms with E-state index in [1.807, 2.05) is 20.8 Å².